The van der Waals surface area contributed by atoms with Crippen LogP contribution in [0.15, 0.2) is 18.2 Å². The minimum Gasteiger partial charge on any atom is -0.336 e. The van der Waals surface area contributed by atoms with E-state index < -0.39 is 16.6 Å². The standard InChI is InChI=1S/C14H18FN3O3/c15-13-5-4-11(18(20)21)9-12(13)14(19)17-8-2-1-3-10(17)6-7-16/h4-5,9-10H,1-3,6-8,16H2. The summed E-state index contributed by atoms with van der Waals surface area (Å²) in [7, 11) is 0. The van der Waals surface area contributed by atoms with Crippen LogP contribution in [-0.2, 0) is 0 Å². The molecule has 1 heterocycles. The van der Waals surface area contributed by atoms with Gasteiger partial charge in [-0.1, -0.05) is 0 Å². The molecule has 7 heteroatoms. The number of likely N-dealkylation sites (tertiary alicyclic amines) is 1. The summed E-state index contributed by atoms with van der Waals surface area (Å²) in [6, 6.07) is 3.01. The predicted octanol–water partition coefficient (Wildman–Crippen LogP) is 2.08. The van der Waals surface area contributed by atoms with Crippen molar-refractivity contribution in [3.8, 4) is 0 Å². The number of benzene rings is 1. The summed E-state index contributed by atoms with van der Waals surface area (Å²) in [4.78, 5) is 24.2. The Bertz CT molecular complexity index is 548. The number of nitrogens with two attached hydrogens (primary N) is 1. The molecule has 1 aromatic carbocycles. The zero-order valence-corrected chi connectivity index (χ0v) is 11.6. The van der Waals surface area contributed by atoms with Crippen molar-refractivity contribution in [3.63, 3.8) is 0 Å². The first kappa shape index (κ1) is 15.4. The Labute approximate surface area is 121 Å². The third kappa shape index (κ3) is 3.36. The van der Waals surface area contributed by atoms with Gasteiger partial charge in [0.1, 0.15) is 5.82 Å². The fourth-order valence-corrected chi connectivity index (χ4v) is 2.71. The first-order valence-corrected chi connectivity index (χ1v) is 6.99. The molecule has 1 saturated heterocycles. The van der Waals surface area contributed by atoms with Gasteiger partial charge in [0.2, 0.25) is 0 Å². The van der Waals surface area contributed by atoms with Crippen LogP contribution in [0.25, 0.3) is 0 Å². The molecule has 2 rings (SSSR count). The highest BCUT2D eigenvalue weighted by Crippen LogP contribution is 2.24. The molecular weight excluding hydrogens is 277 g/mol. The molecule has 0 spiro atoms. The van der Waals surface area contributed by atoms with Crippen molar-refractivity contribution in [2.45, 2.75) is 31.7 Å². The number of halogens is 1. The molecule has 1 fully saturated rings. The molecular formula is C14H18FN3O3. The smallest absolute Gasteiger partial charge is 0.270 e. The minimum atomic E-state index is -0.734. The average molecular weight is 295 g/mol. The maximum atomic E-state index is 13.9. The van der Waals surface area contributed by atoms with E-state index in [4.69, 9.17) is 5.73 Å². The van der Waals surface area contributed by atoms with Crippen LogP contribution in [-0.4, -0.2) is 34.9 Å². The van der Waals surface area contributed by atoms with Crippen LogP contribution in [0, 0.1) is 15.9 Å². The molecule has 0 aromatic heterocycles. The largest absolute Gasteiger partial charge is 0.336 e. The van der Waals surface area contributed by atoms with E-state index in [1.165, 1.54) is 0 Å². The second-order valence-electron chi connectivity index (χ2n) is 5.15. The molecule has 0 aliphatic carbocycles. The van der Waals surface area contributed by atoms with Crippen LogP contribution >= 0.6 is 0 Å². The number of carbonyl (C=O) groups is 1. The number of nitrogens with zero attached hydrogens (tertiary/aromatic N) is 2. The Morgan fingerprint density at radius 1 is 1.48 bits per heavy atom. The second-order valence-corrected chi connectivity index (χ2v) is 5.15. The average Bonchev–Trinajstić information content (AvgIpc) is 2.47. The van der Waals surface area contributed by atoms with Gasteiger partial charge in [-0.15, -0.1) is 0 Å². The highest BCUT2D eigenvalue weighted by Gasteiger charge is 2.29. The van der Waals surface area contributed by atoms with Crippen LogP contribution in [0.2, 0.25) is 0 Å². The van der Waals surface area contributed by atoms with E-state index in [9.17, 15) is 19.3 Å². The first-order valence-electron chi connectivity index (χ1n) is 6.99. The molecule has 2 N–H and O–H groups in total. The molecule has 0 radical (unpaired) electrons. The molecule has 1 aliphatic rings. The highest BCUT2D eigenvalue weighted by atomic mass is 19.1. The van der Waals surface area contributed by atoms with E-state index in [1.807, 2.05) is 0 Å². The SMILES string of the molecule is NCCC1CCCCN1C(=O)c1cc([N+](=O)[O-])ccc1F. The summed E-state index contributed by atoms with van der Waals surface area (Å²) < 4.78 is 13.9. The number of hydrogen-bond acceptors (Lipinski definition) is 4. The van der Waals surface area contributed by atoms with Crippen LogP contribution in [0.5, 0.6) is 0 Å². The van der Waals surface area contributed by atoms with Crippen LogP contribution in [0.3, 0.4) is 0 Å². The number of piperidine rings is 1. The maximum Gasteiger partial charge on any atom is 0.270 e. The summed E-state index contributed by atoms with van der Waals surface area (Å²) in [5.74, 6) is -1.22. The molecule has 1 amide bonds. The molecule has 21 heavy (non-hydrogen) atoms. The topological polar surface area (TPSA) is 89.5 Å². The summed E-state index contributed by atoms with van der Waals surface area (Å²) >= 11 is 0. The zero-order chi connectivity index (χ0) is 15.4. The number of carbonyl (C=O) groups excluding carboxylic acids is 1. The van der Waals surface area contributed by atoms with Gasteiger partial charge in [0.25, 0.3) is 11.6 Å². The summed E-state index contributed by atoms with van der Waals surface area (Å²) in [6.45, 7) is 0.984. The van der Waals surface area contributed by atoms with Gasteiger partial charge in [0.15, 0.2) is 0 Å². The molecule has 1 aromatic rings. The number of rotatable bonds is 4. The van der Waals surface area contributed by atoms with Gasteiger partial charge in [-0.25, -0.2) is 4.39 Å². The minimum absolute atomic E-state index is 0.0186. The van der Waals surface area contributed by atoms with Gasteiger partial charge >= 0.3 is 0 Å². The fourth-order valence-electron chi connectivity index (χ4n) is 2.71. The third-order valence-corrected chi connectivity index (χ3v) is 3.78. The fraction of sp³-hybridized carbons (Fsp3) is 0.500. The monoisotopic (exact) mass is 295 g/mol. The van der Waals surface area contributed by atoms with Crippen molar-refractivity contribution < 1.29 is 14.1 Å². The number of hydrogen-bond donors (Lipinski definition) is 1. The van der Waals surface area contributed by atoms with Crippen molar-refractivity contribution in [3.05, 3.63) is 39.7 Å². The lowest BCUT2D eigenvalue weighted by molar-refractivity contribution is -0.384. The van der Waals surface area contributed by atoms with Crippen molar-refractivity contribution in [1.29, 1.82) is 0 Å². The quantitative estimate of drug-likeness (QED) is 0.680. The summed E-state index contributed by atoms with van der Waals surface area (Å²) in [5.41, 5.74) is 5.03. The lowest BCUT2D eigenvalue weighted by Crippen LogP contribution is -2.44. The normalized spacial score (nSPS) is 18.6. The lowest BCUT2D eigenvalue weighted by atomic mass is 9.98. The molecule has 1 aliphatic heterocycles. The lowest BCUT2D eigenvalue weighted by Gasteiger charge is -2.35. The molecule has 114 valence electrons. The van der Waals surface area contributed by atoms with E-state index in [2.05, 4.69) is 0 Å². The zero-order valence-electron chi connectivity index (χ0n) is 11.6. The summed E-state index contributed by atoms with van der Waals surface area (Å²) in [6.07, 6.45) is 3.34. The van der Waals surface area contributed by atoms with Crippen molar-refractivity contribution >= 4 is 11.6 Å². The van der Waals surface area contributed by atoms with Gasteiger partial charge in [0.05, 0.1) is 10.5 Å². The third-order valence-electron chi connectivity index (χ3n) is 3.78. The van der Waals surface area contributed by atoms with E-state index in [0.29, 0.717) is 19.5 Å². The second kappa shape index (κ2) is 6.62. The maximum absolute atomic E-state index is 13.9. The number of nitro benzene ring substituents is 1. The van der Waals surface area contributed by atoms with Crippen LogP contribution in [0.4, 0.5) is 10.1 Å². The Balaban J connectivity index is 2.29. The molecule has 0 saturated carbocycles. The predicted molar refractivity (Wildman–Crippen MR) is 75.4 cm³/mol. The van der Waals surface area contributed by atoms with Gasteiger partial charge in [-0.2, -0.15) is 0 Å². The van der Waals surface area contributed by atoms with Crippen LogP contribution < -0.4 is 5.73 Å². The van der Waals surface area contributed by atoms with E-state index >= 15 is 0 Å². The number of non-ortho nitro benzene ring substituents is 1. The Kier molecular flexibility index (Phi) is 4.85. The van der Waals surface area contributed by atoms with E-state index in [-0.39, 0.29) is 17.3 Å². The van der Waals surface area contributed by atoms with Gasteiger partial charge < -0.3 is 10.6 Å². The van der Waals surface area contributed by atoms with Crippen molar-refractivity contribution in [2.75, 3.05) is 13.1 Å². The van der Waals surface area contributed by atoms with Gasteiger partial charge in [-0.05, 0) is 38.3 Å². The van der Waals surface area contributed by atoms with Crippen molar-refractivity contribution in [1.82, 2.24) is 4.90 Å². The molecule has 1 unspecified atom stereocenters. The number of amides is 1. The number of nitro groups is 1. The molecule has 1 atom stereocenters. The Morgan fingerprint density at radius 2 is 2.24 bits per heavy atom. The van der Waals surface area contributed by atoms with Gasteiger partial charge in [-0.3, -0.25) is 14.9 Å². The van der Waals surface area contributed by atoms with Gasteiger partial charge in [0, 0.05) is 24.7 Å². The van der Waals surface area contributed by atoms with Crippen LogP contribution in [0.1, 0.15) is 36.0 Å². The first-order chi connectivity index (χ1) is 10.0. The Hall–Kier alpha value is -2.02. The molecule has 6 nitrogen and oxygen atoms in total. The Morgan fingerprint density at radius 3 is 2.90 bits per heavy atom. The van der Waals surface area contributed by atoms with Crippen molar-refractivity contribution in [2.24, 2.45) is 5.73 Å². The summed E-state index contributed by atoms with van der Waals surface area (Å²) in [5, 5.41) is 10.8. The molecule has 0 bridgehead atoms. The van der Waals surface area contributed by atoms with E-state index in [0.717, 1.165) is 37.5 Å². The highest BCUT2D eigenvalue weighted by molar-refractivity contribution is 5.95. The van der Waals surface area contributed by atoms with E-state index in [1.54, 1.807) is 4.90 Å².